The molecule has 0 spiro atoms. The molecular weight excluding hydrogens is 247 g/mol. The minimum atomic E-state index is -0.313. The molecular formula is C15H23FOS. The van der Waals surface area contributed by atoms with Crippen molar-refractivity contribution in [3.8, 4) is 0 Å². The fourth-order valence-corrected chi connectivity index (χ4v) is 3.07. The summed E-state index contributed by atoms with van der Waals surface area (Å²) in [6.45, 7) is 6.57. The van der Waals surface area contributed by atoms with E-state index in [9.17, 15) is 9.50 Å². The van der Waals surface area contributed by atoms with Gasteiger partial charge in [0.25, 0.3) is 0 Å². The number of hydrogen-bond donors (Lipinski definition) is 1. The Hall–Kier alpha value is -0.540. The first-order valence-corrected chi connectivity index (χ1v) is 7.52. The fraction of sp³-hybridized carbons (Fsp3) is 0.600. The van der Waals surface area contributed by atoms with Crippen LogP contribution in [0.4, 0.5) is 4.39 Å². The van der Waals surface area contributed by atoms with Crippen LogP contribution < -0.4 is 0 Å². The van der Waals surface area contributed by atoms with E-state index >= 15 is 0 Å². The van der Waals surface area contributed by atoms with Gasteiger partial charge in [0.05, 0.1) is 6.10 Å². The van der Waals surface area contributed by atoms with Crippen LogP contribution in [0.5, 0.6) is 0 Å². The molecule has 0 saturated heterocycles. The third-order valence-electron chi connectivity index (χ3n) is 2.79. The first-order valence-electron chi connectivity index (χ1n) is 6.53. The predicted octanol–water partition coefficient (Wildman–Crippen LogP) is 4.35. The normalized spacial score (nSPS) is 14.8. The topological polar surface area (TPSA) is 20.2 Å². The fourth-order valence-electron chi connectivity index (χ4n) is 2.18. The van der Waals surface area contributed by atoms with Crippen LogP contribution >= 0.6 is 11.8 Å². The number of thioether (sulfide) groups is 1. The summed E-state index contributed by atoms with van der Waals surface area (Å²) < 4.78 is 13.0. The van der Waals surface area contributed by atoms with Crippen LogP contribution in [0.2, 0.25) is 0 Å². The Labute approximate surface area is 114 Å². The molecule has 1 N–H and O–H groups in total. The number of benzene rings is 1. The first kappa shape index (κ1) is 15.5. The van der Waals surface area contributed by atoms with Gasteiger partial charge in [-0.2, -0.15) is 0 Å². The molecule has 0 amide bonds. The number of aliphatic hydroxyl groups excluding tert-OH is 1. The quantitative estimate of drug-likeness (QED) is 0.743. The standard InChI is InChI=1S/C15H23FOS/c1-11(2)7-12(3)8-14(17)10-18-15-6-4-5-13(16)9-15/h4-6,9,11-12,14,17H,7-8,10H2,1-3H3. The molecule has 3 heteroatoms. The average molecular weight is 270 g/mol. The Morgan fingerprint density at radius 3 is 2.56 bits per heavy atom. The second-order valence-corrected chi connectivity index (χ2v) is 6.49. The van der Waals surface area contributed by atoms with Crippen LogP contribution in [0.3, 0.4) is 0 Å². The molecule has 1 aromatic carbocycles. The van der Waals surface area contributed by atoms with Crippen molar-refractivity contribution >= 4 is 11.8 Å². The van der Waals surface area contributed by atoms with E-state index in [0.29, 0.717) is 17.6 Å². The lowest BCUT2D eigenvalue weighted by Gasteiger charge is -2.17. The molecule has 0 saturated carbocycles. The number of aliphatic hydroxyl groups is 1. The second kappa shape index (κ2) is 7.80. The van der Waals surface area contributed by atoms with Gasteiger partial charge < -0.3 is 5.11 Å². The van der Waals surface area contributed by atoms with Crippen molar-refractivity contribution in [2.75, 3.05) is 5.75 Å². The molecule has 2 atom stereocenters. The largest absolute Gasteiger partial charge is 0.392 e. The molecule has 0 aliphatic carbocycles. The zero-order chi connectivity index (χ0) is 13.5. The maximum atomic E-state index is 13.0. The Morgan fingerprint density at radius 2 is 1.94 bits per heavy atom. The van der Waals surface area contributed by atoms with Gasteiger partial charge in [0.1, 0.15) is 5.82 Å². The van der Waals surface area contributed by atoms with Crippen LogP contribution in [-0.4, -0.2) is 17.0 Å². The maximum absolute atomic E-state index is 13.0. The minimum Gasteiger partial charge on any atom is -0.392 e. The highest BCUT2D eigenvalue weighted by Crippen LogP contribution is 2.23. The first-order chi connectivity index (χ1) is 8.47. The Balaban J connectivity index is 2.30. The summed E-state index contributed by atoms with van der Waals surface area (Å²) in [7, 11) is 0. The summed E-state index contributed by atoms with van der Waals surface area (Å²) in [4.78, 5) is 0.880. The van der Waals surface area contributed by atoms with E-state index in [4.69, 9.17) is 0 Å². The number of halogens is 1. The lowest BCUT2D eigenvalue weighted by atomic mass is 9.94. The summed E-state index contributed by atoms with van der Waals surface area (Å²) in [6, 6.07) is 6.52. The van der Waals surface area contributed by atoms with Gasteiger partial charge in [-0.05, 0) is 42.9 Å². The predicted molar refractivity (Wildman–Crippen MR) is 76.4 cm³/mol. The third-order valence-corrected chi connectivity index (χ3v) is 3.93. The monoisotopic (exact) mass is 270 g/mol. The van der Waals surface area contributed by atoms with Gasteiger partial charge in [0.2, 0.25) is 0 Å². The highest BCUT2D eigenvalue weighted by atomic mass is 32.2. The van der Waals surface area contributed by atoms with Crippen LogP contribution in [0.15, 0.2) is 29.2 Å². The van der Waals surface area contributed by atoms with E-state index in [0.717, 1.165) is 17.7 Å². The van der Waals surface area contributed by atoms with Gasteiger partial charge >= 0.3 is 0 Å². The number of hydrogen-bond acceptors (Lipinski definition) is 2. The molecule has 0 radical (unpaired) electrons. The zero-order valence-corrected chi connectivity index (χ0v) is 12.2. The maximum Gasteiger partial charge on any atom is 0.124 e. The summed E-state index contributed by atoms with van der Waals surface area (Å²) in [6.07, 6.45) is 1.65. The van der Waals surface area contributed by atoms with Crippen molar-refractivity contribution in [2.24, 2.45) is 11.8 Å². The number of rotatable bonds is 7. The van der Waals surface area contributed by atoms with Gasteiger partial charge in [-0.1, -0.05) is 26.8 Å². The van der Waals surface area contributed by atoms with Crippen LogP contribution in [0.25, 0.3) is 0 Å². The SMILES string of the molecule is CC(C)CC(C)CC(O)CSc1cccc(F)c1. The van der Waals surface area contributed by atoms with Gasteiger partial charge in [0.15, 0.2) is 0 Å². The molecule has 0 heterocycles. The smallest absolute Gasteiger partial charge is 0.124 e. The van der Waals surface area contributed by atoms with Crippen molar-refractivity contribution in [3.63, 3.8) is 0 Å². The van der Waals surface area contributed by atoms with E-state index in [2.05, 4.69) is 20.8 Å². The molecule has 0 aliphatic rings. The highest BCUT2D eigenvalue weighted by Gasteiger charge is 2.12. The van der Waals surface area contributed by atoms with Crippen molar-refractivity contribution in [1.29, 1.82) is 0 Å². The van der Waals surface area contributed by atoms with Crippen LogP contribution in [0.1, 0.15) is 33.6 Å². The van der Waals surface area contributed by atoms with E-state index in [1.807, 2.05) is 6.07 Å². The van der Waals surface area contributed by atoms with E-state index in [1.54, 1.807) is 6.07 Å². The third kappa shape index (κ3) is 6.41. The zero-order valence-electron chi connectivity index (χ0n) is 11.4. The van der Waals surface area contributed by atoms with Crippen LogP contribution in [0, 0.1) is 17.7 Å². The Bertz CT molecular complexity index is 354. The highest BCUT2D eigenvalue weighted by molar-refractivity contribution is 7.99. The molecule has 0 aromatic heterocycles. The lowest BCUT2D eigenvalue weighted by molar-refractivity contribution is 0.162. The Kier molecular flexibility index (Phi) is 6.72. The summed E-state index contributed by atoms with van der Waals surface area (Å²) >= 11 is 1.51. The van der Waals surface area contributed by atoms with Crippen molar-refractivity contribution in [3.05, 3.63) is 30.1 Å². The molecule has 0 fully saturated rings. The van der Waals surface area contributed by atoms with Crippen molar-refractivity contribution < 1.29 is 9.50 Å². The van der Waals surface area contributed by atoms with Gasteiger partial charge in [-0.25, -0.2) is 4.39 Å². The minimum absolute atomic E-state index is 0.220. The summed E-state index contributed by atoms with van der Waals surface area (Å²) in [5.74, 6) is 1.62. The molecule has 1 aromatic rings. The molecule has 0 aliphatic heterocycles. The van der Waals surface area contributed by atoms with Gasteiger partial charge in [0, 0.05) is 10.6 Å². The summed E-state index contributed by atoms with van der Waals surface area (Å²) in [5.41, 5.74) is 0. The molecule has 1 rings (SSSR count). The van der Waals surface area contributed by atoms with E-state index in [1.165, 1.54) is 23.9 Å². The van der Waals surface area contributed by atoms with Gasteiger partial charge in [-0.15, -0.1) is 11.8 Å². The second-order valence-electron chi connectivity index (χ2n) is 5.39. The molecule has 102 valence electrons. The average Bonchev–Trinajstić information content (AvgIpc) is 2.25. The Morgan fingerprint density at radius 1 is 1.22 bits per heavy atom. The van der Waals surface area contributed by atoms with Crippen LogP contribution in [-0.2, 0) is 0 Å². The van der Waals surface area contributed by atoms with E-state index in [-0.39, 0.29) is 11.9 Å². The lowest BCUT2D eigenvalue weighted by Crippen LogP contribution is -2.15. The van der Waals surface area contributed by atoms with Gasteiger partial charge in [-0.3, -0.25) is 0 Å². The molecule has 0 bridgehead atoms. The van der Waals surface area contributed by atoms with E-state index < -0.39 is 0 Å². The van der Waals surface area contributed by atoms with Crippen molar-refractivity contribution in [2.45, 2.75) is 44.6 Å². The summed E-state index contributed by atoms with van der Waals surface area (Å²) in [5, 5.41) is 9.95. The molecule has 18 heavy (non-hydrogen) atoms. The molecule has 2 unspecified atom stereocenters. The molecule has 1 nitrogen and oxygen atoms in total. The van der Waals surface area contributed by atoms with Crippen molar-refractivity contribution in [1.82, 2.24) is 0 Å².